The maximum Gasteiger partial charge on any atom is 0.329 e. The number of hydrogen-bond donors (Lipinski definition) is 3. The molecule has 1 heterocycles. The molecule has 1 unspecified atom stereocenters. The summed E-state index contributed by atoms with van der Waals surface area (Å²) in [4.78, 5) is 23.0. The Morgan fingerprint density at radius 1 is 1.53 bits per heavy atom. The molecule has 104 valence electrons. The summed E-state index contributed by atoms with van der Waals surface area (Å²) in [5, 5.41) is 18.6. The second-order valence-corrected chi connectivity index (χ2v) is 5.86. The second kappa shape index (κ2) is 5.61. The van der Waals surface area contributed by atoms with E-state index >= 15 is 0 Å². The van der Waals surface area contributed by atoms with Gasteiger partial charge in [-0.3, -0.25) is 0 Å². The molecule has 2 amide bonds. The summed E-state index contributed by atoms with van der Waals surface area (Å²) in [6.45, 7) is 1.91. The minimum atomic E-state index is -1.05. The van der Waals surface area contributed by atoms with Crippen LogP contribution < -0.4 is 10.6 Å². The van der Waals surface area contributed by atoms with E-state index in [2.05, 4.69) is 10.6 Å². The van der Waals surface area contributed by atoms with Crippen molar-refractivity contribution in [1.29, 1.82) is 0 Å². The minimum absolute atomic E-state index is 0.0273. The van der Waals surface area contributed by atoms with E-state index in [4.69, 9.17) is 5.11 Å². The Morgan fingerprint density at radius 2 is 2.26 bits per heavy atom. The lowest BCUT2D eigenvalue weighted by molar-refractivity contribution is -0.148. The fraction of sp³-hybridized carbons (Fsp3) is 0.538. The summed E-state index contributed by atoms with van der Waals surface area (Å²) < 4.78 is 0. The van der Waals surface area contributed by atoms with Crippen LogP contribution in [0.1, 0.15) is 31.7 Å². The SMILES string of the molecule is CC(Cc1ccsc1)NC(=O)NC1(C(=O)O)CCC1. The van der Waals surface area contributed by atoms with Gasteiger partial charge in [0.05, 0.1) is 0 Å². The fourth-order valence-electron chi connectivity index (χ4n) is 2.21. The number of carbonyl (C=O) groups is 2. The number of nitrogens with one attached hydrogen (secondary N) is 2. The van der Waals surface area contributed by atoms with Gasteiger partial charge >= 0.3 is 12.0 Å². The summed E-state index contributed by atoms with van der Waals surface area (Å²) in [5.74, 6) is -0.945. The molecule has 6 heteroatoms. The van der Waals surface area contributed by atoms with E-state index in [0.717, 1.165) is 12.8 Å². The highest BCUT2D eigenvalue weighted by molar-refractivity contribution is 7.07. The summed E-state index contributed by atoms with van der Waals surface area (Å²) >= 11 is 1.62. The van der Waals surface area contributed by atoms with Crippen LogP contribution in [0.3, 0.4) is 0 Å². The van der Waals surface area contributed by atoms with Crippen molar-refractivity contribution in [3.8, 4) is 0 Å². The van der Waals surface area contributed by atoms with Crippen molar-refractivity contribution in [3.05, 3.63) is 22.4 Å². The van der Waals surface area contributed by atoms with Gasteiger partial charge in [-0.15, -0.1) is 0 Å². The molecule has 1 atom stereocenters. The zero-order valence-corrected chi connectivity index (χ0v) is 11.6. The van der Waals surface area contributed by atoms with Crippen molar-refractivity contribution >= 4 is 23.3 Å². The summed E-state index contributed by atoms with van der Waals surface area (Å²) in [5.41, 5.74) is 0.126. The monoisotopic (exact) mass is 282 g/mol. The first kappa shape index (κ1) is 13.9. The highest BCUT2D eigenvalue weighted by Gasteiger charge is 2.45. The van der Waals surface area contributed by atoms with Crippen LogP contribution in [0.15, 0.2) is 16.8 Å². The van der Waals surface area contributed by atoms with E-state index in [1.807, 2.05) is 23.8 Å². The topological polar surface area (TPSA) is 78.4 Å². The lowest BCUT2D eigenvalue weighted by Gasteiger charge is -2.38. The highest BCUT2D eigenvalue weighted by Crippen LogP contribution is 2.31. The molecular formula is C13H18N2O3S. The van der Waals surface area contributed by atoms with Crippen molar-refractivity contribution in [1.82, 2.24) is 10.6 Å². The van der Waals surface area contributed by atoms with E-state index in [0.29, 0.717) is 12.8 Å². The van der Waals surface area contributed by atoms with E-state index in [-0.39, 0.29) is 6.04 Å². The van der Waals surface area contributed by atoms with Gasteiger partial charge in [0.2, 0.25) is 0 Å². The van der Waals surface area contributed by atoms with Crippen LogP contribution in [-0.4, -0.2) is 28.7 Å². The van der Waals surface area contributed by atoms with Gasteiger partial charge < -0.3 is 15.7 Å². The molecule has 1 fully saturated rings. The van der Waals surface area contributed by atoms with Crippen LogP contribution in [0.5, 0.6) is 0 Å². The predicted molar refractivity (Wildman–Crippen MR) is 73.4 cm³/mol. The number of amides is 2. The fourth-order valence-corrected chi connectivity index (χ4v) is 2.89. The van der Waals surface area contributed by atoms with E-state index in [1.165, 1.54) is 5.56 Å². The Labute approximate surface area is 116 Å². The number of thiophene rings is 1. The van der Waals surface area contributed by atoms with Gasteiger partial charge in [0.25, 0.3) is 0 Å². The third kappa shape index (κ3) is 3.26. The van der Waals surface area contributed by atoms with Crippen molar-refractivity contribution in [3.63, 3.8) is 0 Å². The summed E-state index contributed by atoms with van der Waals surface area (Å²) in [6.07, 6.45) is 2.61. The first-order chi connectivity index (χ1) is 9.02. The molecule has 0 saturated heterocycles. The normalized spacial score (nSPS) is 18.2. The van der Waals surface area contributed by atoms with Gasteiger partial charge in [-0.2, -0.15) is 11.3 Å². The van der Waals surface area contributed by atoms with Crippen LogP contribution >= 0.6 is 11.3 Å². The summed E-state index contributed by atoms with van der Waals surface area (Å²) in [6, 6.07) is 1.59. The molecular weight excluding hydrogens is 264 g/mol. The predicted octanol–water partition coefficient (Wildman–Crippen LogP) is 1.99. The van der Waals surface area contributed by atoms with Gasteiger partial charge in [-0.1, -0.05) is 0 Å². The number of carboxylic acid groups (broad SMARTS) is 1. The number of hydrogen-bond acceptors (Lipinski definition) is 3. The molecule has 1 aliphatic carbocycles. The maximum absolute atomic E-state index is 11.8. The van der Waals surface area contributed by atoms with Crippen LogP contribution in [0.25, 0.3) is 0 Å². The molecule has 1 saturated carbocycles. The molecule has 0 aromatic carbocycles. The smallest absolute Gasteiger partial charge is 0.329 e. The lowest BCUT2D eigenvalue weighted by atomic mass is 9.77. The minimum Gasteiger partial charge on any atom is -0.480 e. The molecule has 0 bridgehead atoms. The molecule has 2 rings (SSSR count). The van der Waals surface area contributed by atoms with Gasteiger partial charge in [0, 0.05) is 6.04 Å². The second-order valence-electron chi connectivity index (χ2n) is 5.08. The van der Waals surface area contributed by atoms with Gasteiger partial charge in [-0.05, 0) is 55.0 Å². The van der Waals surface area contributed by atoms with E-state index in [9.17, 15) is 9.59 Å². The molecule has 0 radical (unpaired) electrons. The number of aliphatic carboxylic acids is 1. The summed E-state index contributed by atoms with van der Waals surface area (Å²) in [7, 11) is 0. The van der Waals surface area contributed by atoms with Crippen molar-refractivity contribution in [2.24, 2.45) is 0 Å². The standard InChI is InChI=1S/C13H18N2O3S/c1-9(7-10-3-6-19-8-10)14-12(18)15-13(11(16)17)4-2-5-13/h3,6,8-9H,2,4-5,7H2,1H3,(H,16,17)(H2,14,15,18). The van der Waals surface area contributed by atoms with E-state index < -0.39 is 17.5 Å². The largest absolute Gasteiger partial charge is 0.480 e. The zero-order chi connectivity index (χ0) is 13.9. The Kier molecular flexibility index (Phi) is 4.09. The number of carboxylic acids is 1. The lowest BCUT2D eigenvalue weighted by Crippen LogP contribution is -2.61. The third-order valence-electron chi connectivity index (χ3n) is 3.47. The Hall–Kier alpha value is -1.56. The molecule has 5 nitrogen and oxygen atoms in total. The van der Waals surface area contributed by atoms with E-state index in [1.54, 1.807) is 11.3 Å². The third-order valence-corrected chi connectivity index (χ3v) is 4.20. The molecule has 1 aromatic heterocycles. The average Bonchev–Trinajstić information content (AvgIpc) is 2.75. The van der Waals surface area contributed by atoms with Crippen molar-refractivity contribution < 1.29 is 14.7 Å². The van der Waals surface area contributed by atoms with Crippen LogP contribution in [0, 0.1) is 0 Å². The van der Waals surface area contributed by atoms with Gasteiger partial charge in [0.15, 0.2) is 0 Å². The van der Waals surface area contributed by atoms with Crippen LogP contribution in [0.4, 0.5) is 4.79 Å². The molecule has 3 N–H and O–H groups in total. The van der Waals surface area contributed by atoms with Crippen LogP contribution in [0.2, 0.25) is 0 Å². The number of carbonyl (C=O) groups excluding carboxylic acids is 1. The Balaban J connectivity index is 1.82. The molecule has 1 aromatic rings. The first-order valence-corrected chi connectivity index (χ1v) is 7.29. The Bertz CT molecular complexity index is 454. The average molecular weight is 282 g/mol. The quantitative estimate of drug-likeness (QED) is 0.772. The van der Waals surface area contributed by atoms with Crippen LogP contribution in [-0.2, 0) is 11.2 Å². The number of rotatable bonds is 5. The molecule has 0 aliphatic heterocycles. The maximum atomic E-state index is 11.8. The molecule has 1 aliphatic rings. The van der Waals surface area contributed by atoms with Crippen molar-refractivity contribution in [2.45, 2.75) is 44.2 Å². The Morgan fingerprint density at radius 3 is 2.74 bits per heavy atom. The number of urea groups is 1. The molecule has 0 spiro atoms. The zero-order valence-electron chi connectivity index (χ0n) is 10.8. The first-order valence-electron chi connectivity index (χ1n) is 6.35. The van der Waals surface area contributed by atoms with Crippen molar-refractivity contribution in [2.75, 3.05) is 0 Å². The highest BCUT2D eigenvalue weighted by atomic mass is 32.1. The van der Waals surface area contributed by atoms with Gasteiger partial charge in [0.1, 0.15) is 5.54 Å². The molecule has 19 heavy (non-hydrogen) atoms. The van der Waals surface area contributed by atoms with Gasteiger partial charge in [-0.25, -0.2) is 9.59 Å².